The Labute approximate surface area is 156 Å². The highest BCUT2D eigenvalue weighted by molar-refractivity contribution is 5.81. The van der Waals surface area contributed by atoms with E-state index in [4.69, 9.17) is 4.74 Å². The summed E-state index contributed by atoms with van der Waals surface area (Å²) < 4.78 is 44.1. The Bertz CT molecular complexity index is 779. The molecule has 1 aromatic carbocycles. The molecular weight excluding hydrogens is 359 g/mol. The maximum atomic E-state index is 12.8. The Balaban J connectivity index is 2.13. The van der Waals surface area contributed by atoms with Crippen LogP contribution >= 0.6 is 0 Å². The van der Waals surface area contributed by atoms with Crippen LogP contribution in [-0.2, 0) is 17.5 Å². The zero-order chi connectivity index (χ0) is 20.0. The zero-order valence-corrected chi connectivity index (χ0v) is 15.4. The van der Waals surface area contributed by atoms with Crippen molar-refractivity contribution in [1.29, 1.82) is 0 Å². The van der Waals surface area contributed by atoms with Crippen LogP contribution in [0.5, 0.6) is 11.6 Å². The van der Waals surface area contributed by atoms with Crippen LogP contribution < -0.4 is 10.1 Å². The molecule has 0 aliphatic rings. The van der Waals surface area contributed by atoms with Gasteiger partial charge in [-0.05, 0) is 44.8 Å². The fraction of sp³-hybridized carbons (Fsp3) is 0.368. The fourth-order valence-corrected chi connectivity index (χ4v) is 2.58. The van der Waals surface area contributed by atoms with Gasteiger partial charge in [-0.3, -0.25) is 9.69 Å². The second-order valence-corrected chi connectivity index (χ2v) is 6.20. The lowest BCUT2D eigenvalue weighted by molar-refractivity contribution is -0.137. The molecule has 0 saturated carbocycles. The second-order valence-electron chi connectivity index (χ2n) is 6.20. The number of ether oxygens (including phenoxy) is 1. The maximum Gasteiger partial charge on any atom is 0.416 e. The summed E-state index contributed by atoms with van der Waals surface area (Å²) in [7, 11) is 3.64. The predicted molar refractivity (Wildman–Crippen MR) is 95.4 cm³/mol. The summed E-state index contributed by atoms with van der Waals surface area (Å²) in [5, 5.41) is 2.81. The highest BCUT2D eigenvalue weighted by atomic mass is 19.4. The molecule has 1 N–H and O–H groups in total. The van der Waals surface area contributed by atoms with Gasteiger partial charge < -0.3 is 10.1 Å². The summed E-state index contributed by atoms with van der Waals surface area (Å²) >= 11 is 0. The topological polar surface area (TPSA) is 54.5 Å². The van der Waals surface area contributed by atoms with E-state index in [1.807, 2.05) is 25.9 Å². The van der Waals surface area contributed by atoms with E-state index in [1.54, 1.807) is 12.1 Å². The van der Waals surface area contributed by atoms with Gasteiger partial charge >= 0.3 is 6.18 Å². The lowest BCUT2D eigenvalue weighted by atomic mass is 10.2. The molecule has 0 saturated heterocycles. The summed E-state index contributed by atoms with van der Waals surface area (Å²) in [6, 6.07) is 7.68. The number of carbonyl (C=O) groups excluding carboxylic acids is 1. The molecule has 1 amide bonds. The van der Waals surface area contributed by atoms with Crippen molar-refractivity contribution >= 4 is 5.91 Å². The number of nitrogens with one attached hydrogen (secondary N) is 1. The van der Waals surface area contributed by atoms with Gasteiger partial charge in [0.2, 0.25) is 11.8 Å². The molecule has 0 bridgehead atoms. The van der Waals surface area contributed by atoms with E-state index < -0.39 is 11.7 Å². The zero-order valence-electron chi connectivity index (χ0n) is 15.4. The number of likely N-dealkylation sites (N-methyl/N-ethyl adjacent to an activating group) is 1. The van der Waals surface area contributed by atoms with Crippen molar-refractivity contribution in [3.8, 4) is 11.6 Å². The molecule has 2 aromatic rings. The third-order valence-electron chi connectivity index (χ3n) is 3.99. The van der Waals surface area contributed by atoms with Gasteiger partial charge in [0.1, 0.15) is 5.75 Å². The quantitative estimate of drug-likeness (QED) is 0.792. The van der Waals surface area contributed by atoms with Crippen molar-refractivity contribution in [2.45, 2.75) is 32.1 Å². The van der Waals surface area contributed by atoms with Gasteiger partial charge in [-0.15, -0.1) is 0 Å². The monoisotopic (exact) mass is 381 g/mol. The third kappa shape index (κ3) is 5.68. The number of benzene rings is 1. The van der Waals surface area contributed by atoms with E-state index in [-0.39, 0.29) is 30.1 Å². The molecule has 0 aliphatic carbocycles. The molecule has 0 aliphatic heterocycles. The Morgan fingerprint density at radius 2 is 2.00 bits per heavy atom. The van der Waals surface area contributed by atoms with Gasteiger partial charge in [0, 0.05) is 18.3 Å². The highest BCUT2D eigenvalue weighted by Crippen LogP contribution is 2.32. The predicted octanol–water partition coefficient (Wildman–Crippen LogP) is 3.85. The Morgan fingerprint density at radius 3 is 2.63 bits per heavy atom. The van der Waals surface area contributed by atoms with Gasteiger partial charge in [0.15, 0.2) is 0 Å². The number of rotatable bonds is 7. The first kappa shape index (κ1) is 20.7. The molecule has 8 heteroatoms. The molecular formula is C19H22F3N3O2. The lowest BCUT2D eigenvalue weighted by Crippen LogP contribution is -2.42. The van der Waals surface area contributed by atoms with Crippen molar-refractivity contribution in [3.05, 3.63) is 53.7 Å². The smallest absolute Gasteiger partial charge is 0.416 e. The van der Waals surface area contributed by atoms with Gasteiger partial charge in [-0.2, -0.15) is 13.2 Å². The number of pyridine rings is 1. The number of alkyl halides is 3. The van der Waals surface area contributed by atoms with Gasteiger partial charge in [0.25, 0.3) is 0 Å². The average molecular weight is 381 g/mol. The average Bonchev–Trinajstić information content (AvgIpc) is 2.61. The van der Waals surface area contributed by atoms with E-state index >= 15 is 0 Å². The number of amides is 1. The molecule has 0 fully saturated rings. The molecule has 1 aromatic heterocycles. The number of carbonyl (C=O) groups is 1. The van der Waals surface area contributed by atoms with Crippen molar-refractivity contribution < 1.29 is 22.7 Å². The normalized spacial score (nSPS) is 12.7. The summed E-state index contributed by atoms with van der Waals surface area (Å²) in [5.74, 6) is 0.0298. The molecule has 2 rings (SSSR count). The van der Waals surface area contributed by atoms with Crippen molar-refractivity contribution in [3.63, 3.8) is 0 Å². The van der Waals surface area contributed by atoms with Crippen LogP contribution in [-0.4, -0.2) is 35.9 Å². The molecule has 1 unspecified atom stereocenters. The number of hydrogen-bond acceptors (Lipinski definition) is 4. The van der Waals surface area contributed by atoms with Crippen LogP contribution in [0.1, 0.15) is 24.5 Å². The van der Waals surface area contributed by atoms with E-state index in [0.29, 0.717) is 12.0 Å². The van der Waals surface area contributed by atoms with Crippen LogP contribution in [0.15, 0.2) is 42.6 Å². The van der Waals surface area contributed by atoms with Crippen LogP contribution in [0.4, 0.5) is 13.2 Å². The molecule has 1 atom stereocenters. The number of aromatic nitrogens is 1. The molecule has 0 radical (unpaired) electrons. The van der Waals surface area contributed by atoms with E-state index in [0.717, 1.165) is 12.1 Å². The highest BCUT2D eigenvalue weighted by Gasteiger charge is 2.30. The number of nitrogens with zero attached hydrogens (tertiary/aromatic N) is 2. The fourth-order valence-electron chi connectivity index (χ4n) is 2.58. The van der Waals surface area contributed by atoms with Crippen molar-refractivity contribution in [1.82, 2.24) is 15.2 Å². The summed E-state index contributed by atoms with van der Waals surface area (Å²) in [4.78, 5) is 18.2. The largest absolute Gasteiger partial charge is 0.439 e. The Morgan fingerprint density at radius 1 is 1.26 bits per heavy atom. The third-order valence-corrected chi connectivity index (χ3v) is 3.99. The molecule has 27 heavy (non-hydrogen) atoms. The van der Waals surface area contributed by atoms with Gasteiger partial charge in [-0.25, -0.2) is 4.98 Å². The van der Waals surface area contributed by atoms with E-state index in [9.17, 15) is 18.0 Å². The van der Waals surface area contributed by atoms with Crippen molar-refractivity contribution in [2.75, 3.05) is 14.1 Å². The van der Waals surface area contributed by atoms with Gasteiger partial charge in [0.05, 0.1) is 11.6 Å². The first-order valence-electron chi connectivity index (χ1n) is 8.45. The minimum absolute atomic E-state index is 0.0239. The molecule has 146 valence electrons. The van der Waals surface area contributed by atoms with Crippen LogP contribution in [0, 0.1) is 0 Å². The standard InChI is InChI=1S/C19H22F3N3O2/c1-4-16(25(2)3)17(26)24-12-13-7-6-10-23-18(13)27-15-9-5-8-14(11-15)19(20,21)22/h5-11,16H,4,12H2,1-3H3,(H,24,26). The lowest BCUT2D eigenvalue weighted by Gasteiger charge is -2.22. The maximum absolute atomic E-state index is 12.8. The van der Waals surface area contributed by atoms with E-state index in [1.165, 1.54) is 18.3 Å². The first-order chi connectivity index (χ1) is 12.7. The minimum atomic E-state index is -4.46. The summed E-state index contributed by atoms with van der Waals surface area (Å²) in [6.45, 7) is 2.07. The first-order valence-corrected chi connectivity index (χ1v) is 8.45. The van der Waals surface area contributed by atoms with E-state index in [2.05, 4.69) is 10.3 Å². The Hall–Kier alpha value is -2.61. The molecule has 1 heterocycles. The van der Waals surface area contributed by atoms with Crippen LogP contribution in [0.2, 0.25) is 0 Å². The SMILES string of the molecule is CCC(C(=O)NCc1cccnc1Oc1cccc(C(F)(F)F)c1)N(C)C. The summed E-state index contributed by atoms with van der Waals surface area (Å²) in [6.07, 6.45) is -2.33. The van der Waals surface area contributed by atoms with Crippen LogP contribution in [0.25, 0.3) is 0 Å². The molecule has 5 nitrogen and oxygen atoms in total. The van der Waals surface area contributed by atoms with Crippen LogP contribution in [0.3, 0.4) is 0 Å². The minimum Gasteiger partial charge on any atom is -0.439 e. The number of hydrogen-bond donors (Lipinski definition) is 1. The van der Waals surface area contributed by atoms with Crippen molar-refractivity contribution in [2.24, 2.45) is 0 Å². The summed E-state index contributed by atoms with van der Waals surface area (Å²) in [5.41, 5.74) is -0.237. The number of halogens is 3. The van der Waals surface area contributed by atoms with Gasteiger partial charge in [-0.1, -0.05) is 19.1 Å². The molecule has 0 spiro atoms. The second kappa shape index (κ2) is 8.85. The Kier molecular flexibility index (Phi) is 6.79.